The molecule has 0 radical (unpaired) electrons. The third-order valence-electron chi connectivity index (χ3n) is 2.59. The smallest absolute Gasteiger partial charge is 0.135 e. The number of aromatic nitrogens is 1. The van der Waals surface area contributed by atoms with E-state index >= 15 is 0 Å². The quantitative estimate of drug-likeness (QED) is 0.892. The molecule has 1 N–H and O–H groups in total. The number of hydrogen-bond acceptors (Lipinski definition) is 3. The first-order valence-electron chi connectivity index (χ1n) is 6.44. The van der Waals surface area contributed by atoms with E-state index in [9.17, 15) is 0 Å². The van der Waals surface area contributed by atoms with E-state index < -0.39 is 0 Å². The Labute approximate surface area is 114 Å². The van der Waals surface area contributed by atoms with Crippen LogP contribution in [0, 0.1) is 0 Å². The summed E-state index contributed by atoms with van der Waals surface area (Å²) in [7, 11) is 0. The highest BCUT2D eigenvalue weighted by molar-refractivity contribution is 5.58. The molecule has 0 aliphatic carbocycles. The van der Waals surface area contributed by atoms with E-state index in [2.05, 4.69) is 10.3 Å². The van der Waals surface area contributed by atoms with Gasteiger partial charge in [0.15, 0.2) is 0 Å². The molecule has 2 rings (SSSR count). The molecule has 0 aliphatic heterocycles. The van der Waals surface area contributed by atoms with Crippen LogP contribution in [0.15, 0.2) is 48.7 Å². The molecule has 0 fully saturated rings. The maximum atomic E-state index is 5.81. The average molecular weight is 256 g/mol. The number of nitrogens with one attached hydrogen (secondary N) is 1. The molecular weight excluding hydrogens is 236 g/mol. The fourth-order valence-corrected chi connectivity index (χ4v) is 1.62. The predicted molar refractivity (Wildman–Crippen MR) is 78.5 cm³/mol. The molecule has 0 saturated carbocycles. The lowest BCUT2D eigenvalue weighted by Gasteiger charge is -2.20. The van der Waals surface area contributed by atoms with Crippen LogP contribution in [0.3, 0.4) is 0 Å². The third-order valence-corrected chi connectivity index (χ3v) is 2.59. The van der Waals surface area contributed by atoms with Crippen LogP contribution in [0.5, 0.6) is 0 Å². The molecule has 0 saturated heterocycles. The minimum Gasteiger partial charge on any atom is -0.371 e. The zero-order valence-electron chi connectivity index (χ0n) is 11.7. The van der Waals surface area contributed by atoms with Crippen molar-refractivity contribution < 1.29 is 4.74 Å². The Hall–Kier alpha value is -1.87. The SMILES string of the molecule is CC(C)(C)OCc1cccnc1Nc1ccccc1. The lowest BCUT2D eigenvalue weighted by Crippen LogP contribution is -2.19. The second-order valence-electron chi connectivity index (χ2n) is 5.40. The molecule has 0 atom stereocenters. The number of para-hydroxylation sites is 1. The topological polar surface area (TPSA) is 34.1 Å². The first kappa shape index (κ1) is 13.6. The molecule has 2 aromatic rings. The molecule has 1 aromatic carbocycles. The molecule has 19 heavy (non-hydrogen) atoms. The van der Waals surface area contributed by atoms with Gasteiger partial charge in [0.05, 0.1) is 12.2 Å². The van der Waals surface area contributed by atoms with E-state index in [0.29, 0.717) is 6.61 Å². The molecule has 0 unspecified atom stereocenters. The second-order valence-corrected chi connectivity index (χ2v) is 5.40. The lowest BCUT2D eigenvalue weighted by molar-refractivity contribution is -0.0147. The number of pyridine rings is 1. The summed E-state index contributed by atoms with van der Waals surface area (Å²) in [4.78, 5) is 4.38. The van der Waals surface area contributed by atoms with Gasteiger partial charge in [0.2, 0.25) is 0 Å². The summed E-state index contributed by atoms with van der Waals surface area (Å²) in [5.41, 5.74) is 1.93. The van der Waals surface area contributed by atoms with Crippen LogP contribution in [0.4, 0.5) is 11.5 Å². The molecule has 0 bridgehead atoms. The molecule has 0 aliphatic rings. The summed E-state index contributed by atoms with van der Waals surface area (Å²) in [6.45, 7) is 6.70. The Morgan fingerprint density at radius 3 is 2.47 bits per heavy atom. The van der Waals surface area contributed by atoms with Gasteiger partial charge in [0.1, 0.15) is 5.82 Å². The van der Waals surface area contributed by atoms with E-state index in [4.69, 9.17) is 4.74 Å². The van der Waals surface area contributed by atoms with Crippen LogP contribution in [-0.4, -0.2) is 10.6 Å². The van der Waals surface area contributed by atoms with Crippen LogP contribution in [0.1, 0.15) is 26.3 Å². The van der Waals surface area contributed by atoms with Crippen LogP contribution >= 0.6 is 0 Å². The largest absolute Gasteiger partial charge is 0.371 e. The number of hydrogen-bond donors (Lipinski definition) is 1. The highest BCUT2D eigenvalue weighted by Crippen LogP contribution is 2.20. The van der Waals surface area contributed by atoms with Crippen molar-refractivity contribution in [3.8, 4) is 0 Å². The minimum absolute atomic E-state index is 0.153. The minimum atomic E-state index is -0.153. The van der Waals surface area contributed by atoms with E-state index in [0.717, 1.165) is 17.1 Å². The van der Waals surface area contributed by atoms with Gasteiger partial charge in [-0.15, -0.1) is 0 Å². The van der Waals surface area contributed by atoms with Crippen molar-refractivity contribution >= 4 is 11.5 Å². The van der Waals surface area contributed by atoms with E-state index in [1.54, 1.807) is 6.20 Å². The van der Waals surface area contributed by atoms with Gasteiger partial charge in [0, 0.05) is 17.4 Å². The standard InChI is InChI=1S/C16H20N2O/c1-16(2,3)19-12-13-8-7-11-17-15(13)18-14-9-5-4-6-10-14/h4-11H,12H2,1-3H3,(H,17,18). The fraction of sp³-hybridized carbons (Fsp3) is 0.312. The highest BCUT2D eigenvalue weighted by atomic mass is 16.5. The monoisotopic (exact) mass is 256 g/mol. The number of anilines is 2. The van der Waals surface area contributed by atoms with E-state index in [-0.39, 0.29) is 5.60 Å². The van der Waals surface area contributed by atoms with Crippen molar-refractivity contribution in [1.29, 1.82) is 0 Å². The third kappa shape index (κ3) is 4.38. The molecule has 3 heteroatoms. The Balaban J connectivity index is 2.12. The average Bonchev–Trinajstić information content (AvgIpc) is 2.38. The van der Waals surface area contributed by atoms with Crippen LogP contribution in [-0.2, 0) is 11.3 Å². The summed E-state index contributed by atoms with van der Waals surface area (Å²) in [6, 6.07) is 14.0. The van der Waals surface area contributed by atoms with Gasteiger partial charge >= 0.3 is 0 Å². The molecular formula is C16H20N2O. The Morgan fingerprint density at radius 1 is 1.05 bits per heavy atom. The zero-order valence-corrected chi connectivity index (χ0v) is 11.7. The maximum absolute atomic E-state index is 5.81. The summed E-state index contributed by atoms with van der Waals surface area (Å²) in [6.07, 6.45) is 1.78. The molecule has 100 valence electrons. The first-order chi connectivity index (χ1) is 9.04. The number of ether oxygens (including phenoxy) is 1. The Kier molecular flexibility index (Phi) is 4.17. The summed E-state index contributed by atoms with van der Waals surface area (Å²) < 4.78 is 5.81. The van der Waals surface area contributed by atoms with Crippen molar-refractivity contribution in [2.24, 2.45) is 0 Å². The van der Waals surface area contributed by atoms with Gasteiger partial charge in [-0.3, -0.25) is 0 Å². The molecule has 0 amide bonds. The zero-order chi connectivity index (χ0) is 13.7. The highest BCUT2D eigenvalue weighted by Gasteiger charge is 2.12. The molecule has 0 spiro atoms. The summed E-state index contributed by atoms with van der Waals surface area (Å²) >= 11 is 0. The molecule has 1 heterocycles. The van der Waals surface area contributed by atoms with Gasteiger partial charge in [-0.2, -0.15) is 0 Å². The number of rotatable bonds is 4. The van der Waals surface area contributed by atoms with Crippen molar-refractivity contribution in [1.82, 2.24) is 4.98 Å². The first-order valence-corrected chi connectivity index (χ1v) is 6.44. The van der Waals surface area contributed by atoms with Crippen LogP contribution in [0.25, 0.3) is 0 Å². The van der Waals surface area contributed by atoms with Gasteiger partial charge in [-0.1, -0.05) is 24.3 Å². The van der Waals surface area contributed by atoms with E-state index in [1.165, 1.54) is 0 Å². The summed E-state index contributed by atoms with van der Waals surface area (Å²) in [5.74, 6) is 0.845. The van der Waals surface area contributed by atoms with Gasteiger partial charge in [0.25, 0.3) is 0 Å². The molecule has 3 nitrogen and oxygen atoms in total. The number of nitrogens with zero attached hydrogens (tertiary/aromatic N) is 1. The lowest BCUT2D eigenvalue weighted by atomic mass is 10.2. The van der Waals surface area contributed by atoms with Crippen molar-refractivity contribution in [3.63, 3.8) is 0 Å². The van der Waals surface area contributed by atoms with Crippen molar-refractivity contribution in [3.05, 3.63) is 54.2 Å². The van der Waals surface area contributed by atoms with Crippen LogP contribution in [0.2, 0.25) is 0 Å². The van der Waals surface area contributed by atoms with Crippen molar-refractivity contribution in [2.75, 3.05) is 5.32 Å². The number of benzene rings is 1. The Morgan fingerprint density at radius 2 is 1.79 bits per heavy atom. The Bertz CT molecular complexity index is 518. The van der Waals surface area contributed by atoms with Gasteiger partial charge in [-0.25, -0.2) is 4.98 Å². The van der Waals surface area contributed by atoms with Crippen molar-refractivity contribution in [2.45, 2.75) is 33.0 Å². The van der Waals surface area contributed by atoms with Gasteiger partial charge < -0.3 is 10.1 Å². The second kappa shape index (κ2) is 5.85. The maximum Gasteiger partial charge on any atom is 0.135 e. The van der Waals surface area contributed by atoms with Gasteiger partial charge in [-0.05, 0) is 39.0 Å². The summed E-state index contributed by atoms with van der Waals surface area (Å²) in [5, 5.41) is 3.32. The predicted octanol–water partition coefficient (Wildman–Crippen LogP) is 4.14. The molecule has 1 aromatic heterocycles. The van der Waals surface area contributed by atoms with Crippen LogP contribution < -0.4 is 5.32 Å². The normalized spacial score (nSPS) is 11.3. The van der Waals surface area contributed by atoms with E-state index in [1.807, 2.05) is 63.2 Å². The fourth-order valence-electron chi connectivity index (χ4n) is 1.62.